The standard InChI is InChI=1S/C23H30F3N5O2S/c1-30(2)12-11-27-21(33)19-15-8-4-6-10-17(15)34-22(19)28-18(32)13-31-16-9-5-3-7-14(16)20(29-31)23(24,25)26/h3-13H2,1-2H3,(H,27,33)(H,28,32). The minimum atomic E-state index is -4.55. The van der Waals surface area contributed by atoms with Crippen molar-refractivity contribution >= 4 is 28.2 Å². The first kappa shape index (κ1) is 24.7. The maximum atomic E-state index is 13.5. The first-order valence-electron chi connectivity index (χ1n) is 11.7. The second kappa shape index (κ2) is 10.1. The third-order valence-corrected chi connectivity index (χ3v) is 7.52. The van der Waals surface area contributed by atoms with E-state index in [9.17, 15) is 22.8 Å². The summed E-state index contributed by atoms with van der Waals surface area (Å²) in [7, 11) is 3.84. The number of halogens is 3. The molecule has 0 saturated carbocycles. The molecule has 2 aliphatic rings. The van der Waals surface area contributed by atoms with E-state index in [4.69, 9.17) is 0 Å². The second-order valence-corrected chi connectivity index (χ2v) is 10.3. The van der Waals surface area contributed by atoms with E-state index in [2.05, 4.69) is 15.7 Å². The zero-order valence-corrected chi connectivity index (χ0v) is 20.3. The van der Waals surface area contributed by atoms with Crippen molar-refractivity contribution in [3.05, 3.63) is 33.0 Å². The van der Waals surface area contributed by atoms with Crippen LogP contribution in [0.3, 0.4) is 0 Å². The molecular weight excluding hydrogens is 467 g/mol. The topological polar surface area (TPSA) is 79.3 Å². The van der Waals surface area contributed by atoms with Crippen LogP contribution in [-0.4, -0.2) is 53.7 Å². The van der Waals surface area contributed by atoms with Crippen LogP contribution in [0.2, 0.25) is 0 Å². The quantitative estimate of drug-likeness (QED) is 0.612. The number of likely N-dealkylation sites (N-methyl/N-ethyl adjacent to an activating group) is 1. The molecule has 2 N–H and O–H groups in total. The molecule has 7 nitrogen and oxygen atoms in total. The van der Waals surface area contributed by atoms with Gasteiger partial charge in [-0.15, -0.1) is 11.3 Å². The summed E-state index contributed by atoms with van der Waals surface area (Å²) in [6.07, 6.45) is 1.34. The van der Waals surface area contributed by atoms with Crippen LogP contribution in [-0.2, 0) is 43.2 Å². The molecule has 186 valence electrons. The first-order chi connectivity index (χ1) is 16.1. The monoisotopic (exact) mass is 497 g/mol. The van der Waals surface area contributed by atoms with E-state index in [1.165, 1.54) is 16.0 Å². The average Bonchev–Trinajstić information content (AvgIpc) is 3.31. The number of anilines is 1. The zero-order chi connectivity index (χ0) is 24.5. The molecule has 0 bridgehead atoms. The Kier molecular flexibility index (Phi) is 7.32. The van der Waals surface area contributed by atoms with Gasteiger partial charge in [-0.05, 0) is 71.0 Å². The van der Waals surface area contributed by atoms with E-state index >= 15 is 0 Å². The summed E-state index contributed by atoms with van der Waals surface area (Å²) < 4.78 is 41.6. The van der Waals surface area contributed by atoms with Crippen molar-refractivity contribution in [2.45, 2.75) is 64.1 Å². The fourth-order valence-corrected chi connectivity index (χ4v) is 6.01. The molecule has 2 aromatic heterocycles. The number of hydrogen-bond acceptors (Lipinski definition) is 5. The van der Waals surface area contributed by atoms with E-state index < -0.39 is 17.8 Å². The molecule has 2 aliphatic carbocycles. The van der Waals surface area contributed by atoms with Gasteiger partial charge in [-0.3, -0.25) is 14.3 Å². The van der Waals surface area contributed by atoms with Crippen LogP contribution in [0.1, 0.15) is 63.4 Å². The molecule has 4 rings (SSSR count). The highest BCUT2D eigenvalue weighted by atomic mass is 32.1. The lowest BCUT2D eigenvalue weighted by molar-refractivity contribution is -0.142. The highest BCUT2D eigenvalue weighted by Gasteiger charge is 2.39. The van der Waals surface area contributed by atoms with Crippen molar-refractivity contribution in [1.82, 2.24) is 20.0 Å². The van der Waals surface area contributed by atoms with E-state index in [-0.39, 0.29) is 18.0 Å². The zero-order valence-electron chi connectivity index (χ0n) is 19.5. The fourth-order valence-electron chi connectivity index (χ4n) is 4.71. The number of aryl methyl sites for hydroxylation is 1. The maximum Gasteiger partial charge on any atom is 0.435 e. The molecule has 0 aromatic carbocycles. The van der Waals surface area contributed by atoms with Crippen LogP contribution < -0.4 is 10.6 Å². The van der Waals surface area contributed by atoms with Gasteiger partial charge in [0, 0.05) is 29.2 Å². The normalized spacial score (nSPS) is 15.7. The lowest BCUT2D eigenvalue weighted by Crippen LogP contribution is -2.32. The second-order valence-electron chi connectivity index (χ2n) is 9.16. The van der Waals surface area contributed by atoms with E-state index in [1.807, 2.05) is 19.0 Å². The number of thiophene rings is 1. The van der Waals surface area contributed by atoms with Crippen LogP contribution in [0, 0.1) is 0 Å². The molecule has 0 fully saturated rings. The fraction of sp³-hybridized carbons (Fsp3) is 0.609. The van der Waals surface area contributed by atoms with Crippen molar-refractivity contribution in [2.75, 3.05) is 32.5 Å². The largest absolute Gasteiger partial charge is 0.435 e. The third-order valence-electron chi connectivity index (χ3n) is 6.31. The van der Waals surface area contributed by atoms with Crippen LogP contribution >= 0.6 is 11.3 Å². The molecule has 2 aromatic rings. The molecule has 0 spiro atoms. The molecule has 11 heteroatoms. The summed E-state index contributed by atoms with van der Waals surface area (Å²) >= 11 is 1.39. The lowest BCUT2D eigenvalue weighted by atomic mass is 9.95. The summed E-state index contributed by atoms with van der Waals surface area (Å²) in [5.41, 5.74) is 1.28. The van der Waals surface area contributed by atoms with E-state index in [0.717, 1.165) is 42.5 Å². The summed E-state index contributed by atoms with van der Waals surface area (Å²) in [6, 6.07) is 0. The molecule has 0 unspecified atom stereocenters. The molecule has 0 aliphatic heterocycles. The number of nitrogens with one attached hydrogen (secondary N) is 2. The highest BCUT2D eigenvalue weighted by molar-refractivity contribution is 7.17. The van der Waals surface area contributed by atoms with E-state index in [1.54, 1.807) is 0 Å². The number of carbonyl (C=O) groups excluding carboxylic acids is 2. The summed E-state index contributed by atoms with van der Waals surface area (Å²) in [6.45, 7) is 0.845. The summed E-state index contributed by atoms with van der Waals surface area (Å²) in [5.74, 6) is -0.710. The van der Waals surface area contributed by atoms with Gasteiger partial charge in [0.15, 0.2) is 5.69 Å². The van der Waals surface area contributed by atoms with Gasteiger partial charge in [-0.1, -0.05) is 0 Å². The Labute approximate surface area is 200 Å². The Bertz CT molecular complexity index is 1070. The Balaban J connectivity index is 1.55. The highest BCUT2D eigenvalue weighted by Crippen LogP contribution is 2.39. The molecule has 2 heterocycles. The smallest absolute Gasteiger partial charge is 0.351 e. The van der Waals surface area contributed by atoms with Crippen molar-refractivity contribution in [1.29, 1.82) is 0 Å². The number of hydrogen-bond donors (Lipinski definition) is 2. The molecule has 2 amide bonds. The molecule has 0 saturated heterocycles. The number of aromatic nitrogens is 2. The Morgan fingerprint density at radius 1 is 1.06 bits per heavy atom. The van der Waals surface area contributed by atoms with Gasteiger partial charge in [0.2, 0.25) is 5.91 Å². The van der Waals surface area contributed by atoms with Gasteiger partial charge in [0.05, 0.1) is 5.56 Å². The molecule has 34 heavy (non-hydrogen) atoms. The van der Waals surface area contributed by atoms with Gasteiger partial charge < -0.3 is 15.5 Å². The van der Waals surface area contributed by atoms with Crippen LogP contribution in [0.15, 0.2) is 0 Å². The number of fused-ring (bicyclic) bond motifs is 2. The molecular formula is C23H30F3N5O2S. The van der Waals surface area contributed by atoms with Crippen molar-refractivity contribution in [3.63, 3.8) is 0 Å². The minimum Gasteiger partial charge on any atom is -0.351 e. The van der Waals surface area contributed by atoms with Crippen LogP contribution in [0.4, 0.5) is 18.2 Å². The summed E-state index contributed by atoms with van der Waals surface area (Å²) in [5, 5.41) is 9.98. The van der Waals surface area contributed by atoms with Gasteiger partial charge in [-0.2, -0.15) is 18.3 Å². The van der Waals surface area contributed by atoms with Crippen molar-refractivity contribution < 1.29 is 22.8 Å². The van der Waals surface area contributed by atoms with E-state index in [0.29, 0.717) is 48.6 Å². The van der Waals surface area contributed by atoms with Crippen molar-refractivity contribution in [3.8, 4) is 0 Å². The van der Waals surface area contributed by atoms with Gasteiger partial charge >= 0.3 is 6.18 Å². The number of amides is 2. The molecule has 0 radical (unpaired) electrons. The predicted molar refractivity (Wildman–Crippen MR) is 124 cm³/mol. The Morgan fingerprint density at radius 2 is 1.74 bits per heavy atom. The molecule has 0 atom stereocenters. The minimum absolute atomic E-state index is 0.207. The SMILES string of the molecule is CN(C)CCNC(=O)c1c(NC(=O)Cn2nc(C(F)(F)F)c3c2CCCC3)sc2c1CCCC2. The number of rotatable bonds is 7. The average molecular weight is 498 g/mol. The number of nitrogens with zero attached hydrogens (tertiary/aromatic N) is 3. The lowest BCUT2D eigenvalue weighted by Gasteiger charge is -2.15. The Hall–Kier alpha value is -2.40. The first-order valence-corrected chi connectivity index (χ1v) is 12.5. The predicted octanol–water partition coefficient (Wildman–Crippen LogP) is 3.65. The van der Waals surface area contributed by atoms with Crippen molar-refractivity contribution in [2.24, 2.45) is 0 Å². The number of alkyl halides is 3. The third kappa shape index (κ3) is 5.30. The van der Waals surface area contributed by atoms with Crippen LogP contribution in [0.5, 0.6) is 0 Å². The number of carbonyl (C=O) groups is 2. The van der Waals surface area contributed by atoms with Gasteiger partial charge in [-0.25, -0.2) is 0 Å². The Morgan fingerprint density at radius 3 is 2.44 bits per heavy atom. The van der Waals surface area contributed by atoms with Gasteiger partial charge in [0.1, 0.15) is 11.5 Å². The maximum absolute atomic E-state index is 13.5. The summed E-state index contributed by atoms with van der Waals surface area (Å²) in [4.78, 5) is 29.0. The van der Waals surface area contributed by atoms with Gasteiger partial charge in [0.25, 0.3) is 5.91 Å². The van der Waals surface area contributed by atoms with Crippen LogP contribution in [0.25, 0.3) is 0 Å².